The summed E-state index contributed by atoms with van der Waals surface area (Å²) in [4.78, 5) is 13.1. The van der Waals surface area contributed by atoms with Gasteiger partial charge in [0.25, 0.3) is 0 Å². The van der Waals surface area contributed by atoms with E-state index in [1.807, 2.05) is 16.7 Å². The number of ether oxygens (including phenoxy) is 1. The number of hydrogen-bond acceptors (Lipinski definition) is 6. The number of rotatable bonds is 5. The van der Waals surface area contributed by atoms with Crippen LogP contribution in [0.5, 0.6) is 11.5 Å². The summed E-state index contributed by atoms with van der Waals surface area (Å²) in [5.41, 5.74) is 4.03. The second-order valence-electron chi connectivity index (χ2n) is 10.1. The zero-order chi connectivity index (χ0) is 26.6. The van der Waals surface area contributed by atoms with E-state index in [9.17, 15) is 14.3 Å². The number of benzene rings is 2. The molecule has 0 saturated heterocycles. The lowest BCUT2D eigenvalue weighted by molar-refractivity contribution is 0.0785. The third kappa shape index (κ3) is 4.49. The van der Waals surface area contributed by atoms with Gasteiger partial charge in [-0.25, -0.2) is 4.39 Å². The van der Waals surface area contributed by atoms with E-state index in [-0.39, 0.29) is 11.2 Å². The van der Waals surface area contributed by atoms with Gasteiger partial charge in [0, 0.05) is 36.2 Å². The number of nitrogens with zero attached hydrogens (tertiary/aromatic N) is 3. The molecule has 0 aliphatic heterocycles. The maximum Gasteiger partial charge on any atom is 0.244 e. The summed E-state index contributed by atoms with van der Waals surface area (Å²) in [6.07, 6.45) is 3.99. The molecule has 1 N–H and O–H groups in total. The molecular formula is C29H28FN3O4. The van der Waals surface area contributed by atoms with Gasteiger partial charge >= 0.3 is 0 Å². The number of aromatic nitrogens is 3. The van der Waals surface area contributed by atoms with Crippen LogP contribution >= 0.6 is 0 Å². The van der Waals surface area contributed by atoms with E-state index in [0.29, 0.717) is 68.9 Å². The number of hydrogen-bond donors (Lipinski definition) is 1. The van der Waals surface area contributed by atoms with Crippen LogP contribution in [0.2, 0.25) is 0 Å². The van der Waals surface area contributed by atoms with Crippen molar-refractivity contribution in [1.82, 2.24) is 14.8 Å². The van der Waals surface area contributed by atoms with Crippen LogP contribution in [0, 0.1) is 33.5 Å². The smallest absolute Gasteiger partial charge is 0.244 e. The summed E-state index contributed by atoms with van der Waals surface area (Å²) in [7, 11) is 0. The Balaban J connectivity index is 1.73. The van der Waals surface area contributed by atoms with Gasteiger partial charge in [-0.15, -0.1) is 10.2 Å². The fourth-order valence-electron chi connectivity index (χ4n) is 4.66. The quantitative estimate of drug-likeness (QED) is 0.377. The van der Waals surface area contributed by atoms with E-state index in [0.717, 1.165) is 5.57 Å². The predicted molar refractivity (Wildman–Crippen MR) is 139 cm³/mol. The van der Waals surface area contributed by atoms with Crippen molar-refractivity contribution in [3.8, 4) is 17.2 Å². The number of fused-ring (bicyclic) bond motifs is 1. The summed E-state index contributed by atoms with van der Waals surface area (Å²) < 4.78 is 27.8. The maximum atomic E-state index is 13.9. The average Bonchev–Trinajstić information content (AvgIpc) is 3.45. The Labute approximate surface area is 213 Å². The van der Waals surface area contributed by atoms with Gasteiger partial charge in [0.1, 0.15) is 11.6 Å². The molecule has 1 aliphatic rings. The van der Waals surface area contributed by atoms with Gasteiger partial charge in [-0.2, -0.15) is 0 Å². The molecule has 2 aromatic carbocycles. The Hall–Kier alpha value is -4.04. The molecule has 0 saturated carbocycles. The van der Waals surface area contributed by atoms with Crippen molar-refractivity contribution in [2.75, 3.05) is 0 Å². The molecule has 2 aromatic heterocycles. The molecule has 2 heterocycles. The first kappa shape index (κ1) is 24.6. The van der Waals surface area contributed by atoms with Crippen LogP contribution in [-0.2, 0) is 12.0 Å². The number of aliphatic hydroxyl groups is 1. The summed E-state index contributed by atoms with van der Waals surface area (Å²) in [5, 5.41) is 18.8. The molecule has 5 rings (SSSR count). The molecule has 0 radical (unpaired) electrons. The predicted octanol–water partition coefficient (Wildman–Crippen LogP) is 5.71. The largest absolute Gasteiger partial charge is 0.455 e. The molecule has 0 fully saturated rings. The van der Waals surface area contributed by atoms with Crippen molar-refractivity contribution in [1.29, 1.82) is 0 Å². The lowest BCUT2D eigenvalue weighted by atomic mass is 9.97. The number of aryl methyl sites for hydroxylation is 4. The van der Waals surface area contributed by atoms with Gasteiger partial charge in [-0.05, 0) is 81.7 Å². The first-order valence-corrected chi connectivity index (χ1v) is 12.0. The third-order valence-corrected chi connectivity index (χ3v) is 6.56. The summed E-state index contributed by atoms with van der Waals surface area (Å²) >= 11 is 0. The highest BCUT2D eigenvalue weighted by molar-refractivity contribution is 5.85. The fourth-order valence-corrected chi connectivity index (χ4v) is 4.66. The Morgan fingerprint density at radius 3 is 2.38 bits per heavy atom. The van der Waals surface area contributed by atoms with Crippen molar-refractivity contribution in [2.24, 2.45) is 0 Å². The number of halogens is 1. The SMILES string of the molecule is Cc1nnc(C2=Cc3c(c(=O)c(C)cn3-c3cc(C(C)(C)O)ccc3Oc3c(C)cc(F)cc3C)C2)o1. The molecule has 8 heteroatoms. The van der Waals surface area contributed by atoms with Crippen molar-refractivity contribution in [3.05, 3.63) is 97.9 Å². The van der Waals surface area contributed by atoms with Gasteiger partial charge in [0.05, 0.1) is 17.0 Å². The van der Waals surface area contributed by atoms with E-state index >= 15 is 0 Å². The highest BCUT2D eigenvalue weighted by atomic mass is 19.1. The second-order valence-corrected chi connectivity index (χ2v) is 10.1. The summed E-state index contributed by atoms with van der Waals surface area (Å²) in [6.45, 7) is 10.5. The lowest BCUT2D eigenvalue weighted by Gasteiger charge is -2.23. The molecule has 0 atom stereocenters. The van der Waals surface area contributed by atoms with Gasteiger partial charge < -0.3 is 18.8 Å². The molecule has 4 aromatic rings. The van der Waals surface area contributed by atoms with Gasteiger partial charge in [0.2, 0.25) is 11.8 Å². The van der Waals surface area contributed by atoms with Crippen LogP contribution in [0.4, 0.5) is 4.39 Å². The normalized spacial score (nSPS) is 13.0. The highest BCUT2D eigenvalue weighted by Gasteiger charge is 2.27. The minimum atomic E-state index is -1.12. The topological polar surface area (TPSA) is 90.4 Å². The Morgan fingerprint density at radius 1 is 1.05 bits per heavy atom. The van der Waals surface area contributed by atoms with E-state index < -0.39 is 5.60 Å². The molecule has 190 valence electrons. The molecule has 7 nitrogen and oxygen atoms in total. The van der Waals surface area contributed by atoms with E-state index in [4.69, 9.17) is 9.15 Å². The molecule has 37 heavy (non-hydrogen) atoms. The average molecular weight is 502 g/mol. The van der Waals surface area contributed by atoms with Crippen molar-refractivity contribution < 1.29 is 18.7 Å². The van der Waals surface area contributed by atoms with Crippen LogP contribution in [0.25, 0.3) is 17.3 Å². The minimum absolute atomic E-state index is 0.0555. The van der Waals surface area contributed by atoms with Crippen molar-refractivity contribution >= 4 is 11.6 Å². The highest BCUT2D eigenvalue weighted by Crippen LogP contribution is 2.38. The Bertz CT molecular complexity index is 1620. The van der Waals surface area contributed by atoms with Crippen molar-refractivity contribution in [2.45, 2.75) is 53.6 Å². The third-order valence-electron chi connectivity index (χ3n) is 6.56. The summed E-state index contributed by atoms with van der Waals surface area (Å²) in [5.74, 6) is 1.52. The number of allylic oxidation sites excluding steroid dienone is 1. The van der Waals surface area contributed by atoms with Crippen LogP contribution in [0.1, 0.15) is 59.1 Å². The van der Waals surface area contributed by atoms with Crippen molar-refractivity contribution in [3.63, 3.8) is 0 Å². The standard InChI is InChI=1S/C29H28FN3O4/c1-15-9-21(30)10-16(2)27(15)37-25-8-7-20(29(5,6)35)13-24(25)33-14-17(3)26(34)22-11-19(12-23(22)33)28-32-31-18(4)36-28/h7-10,12-14,35H,11H2,1-6H3. The Kier molecular flexibility index (Phi) is 5.87. The first-order valence-electron chi connectivity index (χ1n) is 12.0. The van der Waals surface area contributed by atoms with Crippen LogP contribution in [0.3, 0.4) is 0 Å². The molecule has 0 bridgehead atoms. The van der Waals surface area contributed by atoms with Crippen LogP contribution < -0.4 is 10.2 Å². The monoisotopic (exact) mass is 501 g/mol. The van der Waals surface area contributed by atoms with E-state index in [2.05, 4.69) is 10.2 Å². The summed E-state index contributed by atoms with van der Waals surface area (Å²) in [6, 6.07) is 8.28. The minimum Gasteiger partial charge on any atom is -0.455 e. The second kappa shape index (κ2) is 8.81. The van der Waals surface area contributed by atoms with Gasteiger partial charge in [-0.1, -0.05) is 6.07 Å². The first-order chi connectivity index (χ1) is 17.4. The number of pyridine rings is 1. The van der Waals surface area contributed by atoms with Gasteiger partial charge in [0.15, 0.2) is 11.2 Å². The van der Waals surface area contributed by atoms with E-state index in [1.54, 1.807) is 59.9 Å². The van der Waals surface area contributed by atoms with Crippen LogP contribution in [-0.4, -0.2) is 19.9 Å². The molecular weight excluding hydrogens is 473 g/mol. The molecule has 0 unspecified atom stereocenters. The fraction of sp³-hybridized carbons (Fsp3) is 0.276. The molecule has 0 amide bonds. The molecule has 1 aliphatic carbocycles. The van der Waals surface area contributed by atoms with Gasteiger partial charge in [-0.3, -0.25) is 4.79 Å². The van der Waals surface area contributed by atoms with Crippen LogP contribution in [0.15, 0.2) is 45.7 Å². The molecule has 0 spiro atoms. The zero-order valence-electron chi connectivity index (χ0n) is 21.6. The zero-order valence-corrected chi connectivity index (χ0v) is 21.6. The maximum absolute atomic E-state index is 13.9. The lowest BCUT2D eigenvalue weighted by Crippen LogP contribution is -2.19. The Morgan fingerprint density at radius 2 is 1.76 bits per heavy atom. The van der Waals surface area contributed by atoms with E-state index in [1.165, 1.54) is 12.1 Å².